The van der Waals surface area contributed by atoms with Gasteiger partial charge in [0, 0.05) is 138 Å². The van der Waals surface area contributed by atoms with Gasteiger partial charge in [0.1, 0.15) is 0 Å². The Morgan fingerprint density at radius 1 is 0.398 bits per heavy atom. The number of unbranched alkanes of at least 4 members (excludes halogenated alkanes) is 4. The van der Waals surface area contributed by atoms with Crippen LogP contribution in [0.2, 0.25) is 0 Å². The molecule has 7 amide bonds. The highest BCUT2D eigenvalue weighted by Gasteiger charge is 2.39. The van der Waals surface area contributed by atoms with Gasteiger partial charge in [-0.05, 0) is 61.1 Å². The molecule has 0 saturated carbocycles. The maximum Gasteiger partial charge on any atom is 0.340 e. The number of carbonyl (C=O) groups is 8. The molecule has 0 saturated heterocycles. The molecule has 7 heterocycles. The SMILES string of the molecule is CCCCCN1C(=O)c2ccc3c4ncc(C(=O)OC)c5c(C(=O)NCCc6ccccc6)ccc(c6ncc(c2c36)C1=O)c54.CCCCCN1C(=O)c2ccc3c4ncc5c6c(ccc(c7ncc(c2c37)C1=O)c64)C(=O)N(CCc1ccccc1)C5=O. The predicted molar refractivity (Wildman–Crippen MR) is 336 cm³/mol. The second-order valence-electron chi connectivity index (χ2n) is 22.6. The average Bonchev–Trinajstić information content (AvgIpc) is 0.725. The lowest BCUT2D eigenvalue weighted by atomic mass is 9.86. The maximum atomic E-state index is 13.7. The molecule has 17 heteroatoms. The summed E-state index contributed by atoms with van der Waals surface area (Å²) >= 11 is 0. The molecule has 4 aromatic heterocycles. The Kier molecular flexibility index (Phi) is 13.8. The lowest BCUT2D eigenvalue weighted by molar-refractivity contribution is 0.0592. The largest absolute Gasteiger partial charge is 0.465 e. The number of pyridine rings is 4. The minimum atomic E-state index is -0.618. The van der Waals surface area contributed by atoms with Gasteiger partial charge in [0.15, 0.2) is 0 Å². The number of benzene rings is 8. The number of rotatable bonds is 16. The van der Waals surface area contributed by atoms with Gasteiger partial charge in [0.05, 0.1) is 51.4 Å². The van der Waals surface area contributed by atoms with Crippen LogP contribution in [0.15, 0.2) is 134 Å². The van der Waals surface area contributed by atoms with E-state index in [2.05, 4.69) is 19.2 Å². The van der Waals surface area contributed by atoms with E-state index in [1.807, 2.05) is 78.9 Å². The molecule has 1 N–H and O–H groups in total. The third-order valence-corrected chi connectivity index (χ3v) is 17.6. The zero-order valence-corrected chi connectivity index (χ0v) is 48.5. The fourth-order valence-corrected chi connectivity index (χ4v) is 13.4. The standard InChI is InChI=1S/C36H30N4O5.C35H26N4O4/c1-3-4-8-17-40-34(42)24-14-12-22-30-28(24)25(35(40)43)18-38-32(30)21-11-13-23(33(41)37-16-15-20-9-6-5-7-10-20)27-26(36(44)45-2)19-39-31(22)29(21)27;1-2-3-7-15-38-32(40)22-12-10-20-28-26(22)24(34(38)42)17-36-30(28)21-11-13-23-27-25(18-37-31(20)29(21)27)35(43)39(33(23)41)16-14-19-8-5-4-6-9-19/h5-7,9-14,18-19H,3-4,8,15-17H2,1-2H3,(H,37,41);4-6,8-13,17-18H,2-3,7,14-16H2,1H3. The quantitative estimate of drug-likeness (QED) is 0.0313. The van der Waals surface area contributed by atoms with Gasteiger partial charge in [-0.3, -0.25) is 68.2 Å². The number of carbonyl (C=O) groups excluding carboxylic acids is 8. The first-order chi connectivity index (χ1) is 42.9. The van der Waals surface area contributed by atoms with Crippen molar-refractivity contribution in [2.75, 3.05) is 33.3 Å². The first-order valence-electron chi connectivity index (χ1n) is 29.8. The summed E-state index contributed by atoms with van der Waals surface area (Å²) in [5.74, 6) is -2.95. The van der Waals surface area contributed by atoms with Gasteiger partial charge in [-0.25, -0.2) is 4.79 Å². The topological polar surface area (TPSA) is 219 Å². The summed E-state index contributed by atoms with van der Waals surface area (Å²) in [5, 5.41) is 10.5. The van der Waals surface area contributed by atoms with Crippen molar-refractivity contribution in [3.8, 4) is 0 Å². The summed E-state index contributed by atoms with van der Waals surface area (Å²) in [6.07, 6.45) is 12.6. The molecule has 0 radical (unpaired) electrons. The molecule has 3 aliphatic rings. The number of imide groups is 3. The van der Waals surface area contributed by atoms with Gasteiger partial charge in [0.25, 0.3) is 41.4 Å². The molecule has 434 valence electrons. The highest BCUT2D eigenvalue weighted by molar-refractivity contribution is 6.41. The number of amides is 7. The van der Waals surface area contributed by atoms with Gasteiger partial charge in [-0.2, -0.15) is 0 Å². The van der Waals surface area contributed by atoms with E-state index in [1.165, 1.54) is 34.2 Å². The number of methoxy groups -OCH3 is 1. The van der Waals surface area contributed by atoms with Crippen LogP contribution in [-0.4, -0.2) is 115 Å². The van der Waals surface area contributed by atoms with Crippen LogP contribution in [0.5, 0.6) is 0 Å². The summed E-state index contributed by atoms with van der Waals surface area (Å²) in [4.78, 5) is 131. The molecule has 0 fully saturated rings. The van der Waals surface area contributed by atoms with E-state index in [9.17, 15) is 38.4 Å². The Labute approximate surface area is 503 Å². The van der Waals surface area contributed by atoms with Crippen molar-refractivity contribution in [3.05, 3.63) is 190 Å². The lowest BCUT2D eigenvalue weighted by Crippen LogP contribution is -2.41. The number of fused-ring (bicyclic) bond motifs is 4. The zero-order valence-electron chi connectivity index (χ0n) is 48.5. The van der Waals surface area contributed by atoms with E-state index >= 15 is 0 Å². The van der Waals surface area contributed by atoms with Crippen molar-refractivity contribution >= 4 is 134 Å². The third kappa shape index (κ3) is 8.57. The van der Waals surface area contributed by atoms with Gasteiger partial charge in [-0.15, -0.1) is 0 Å². The average molecular weight is 1170 g/mol. The van der Waals surface area contributed by atoms with Crippen LogP contribution in [0.3, 0.4) is 0 Å². The molecular weight excluding hydrogens is 1110 g/mol. The number of hydrogen-bond acceptors (Lipinski definition) is 13. The number of aromatic nitrogens is 4. The number of nitrogens with one attached hydrogen (secondary N) is 1. The fourth-order valence-electron chi connectivity index (χ4n) is 13.4. The maximum absolute atomic E-state index is 13.7. The smallest absolute Gasteiger partial charge is 0.340 e. The van der Waals surface area contributed by atoms with E-state index in [0.717, 1.165) is 60.4 Å². The van der Waals surface area contributed by atoms with E-state index in [-0.39, 0.29) is 53.5 Å². The van der Waals surface area contributed by atoms with Crippen molar-refractivity contribution in [2.45, 2.75) is 65.2 Å². The summed E-state index contributed by atoms with van der Waals surface area (Å²) < 4.78 is 5.09. The van der Waals surface area contributed by atoms with Gasteiger partial charge in [0.2, 0.25) is 0 Å². The van der Waals surface area contributed by atoms with Crippen LogP contribution in [-0.2, 0) is 17.6 Å². The molecule has 0 aliphatic carbocycles. The molecule has 0 unspecified atom stereocenters. The Balaban J connectivity index is 0.000000155. The predicted octanol–water partition coefficient (Wildman–Crippen LogP) is 12.2. The van der Waals surface area contributed by atoms with E-state index in [0.29, 0.717) is 147 Å². The van der Waals surface area contributed by atoms with Gasteiger partial charge < -0.3 is 10.1 Å². The van der Waals surface area contributed by atoms with Gasteiger partial charge >= 0.3 is 5.97 Å². The number of nitrogens with zero attached hydrogens (tertiary/aromatic N) is 7. The third-order valence-electron chi connectivity index (χ3n) is 17.6. The number of ether oxygens (including phenoxy) is 1. The lowest BCUT2D eigenvalue weighted by Gasteiger charge is -2.29. The Morgan fingerprint density at radius 2 is 0.773 bits per heavy atom. The summed E-state index contributed by atoms with van der Waals surface area (Å²) in [6, 6.07) is 33.9. The molecule has 0 bridgehead atoms. The molecule has 8 aromatic carbocycles. The van der Waals surface area contributed by atoms with Crippen molar-refractivity contribution in [3.63, 3.8) is 0 Å². The summed E-state index contributed by atoms with van der Waals surface area (Å²) in [7, 11) is 1.29. The van der Waals surface area contributed by atoms with E-state index < -0.39 is 5.97 Å². The van der Waals surface area contributed by atoms with Crippen LogP contribution in [0.25, 0.3) is 86.7 Å². The molecule has 88 heavy (non-hydrogen) atoms. The van der Waals surface area contributed by atoms with E-state index in [4.69, 9.17) is 24.7 Å². The summed E-state index contributed by atoms with van der Waals surface area (Å²) in [5.41, 5.74) is 7.46. The van der Waals surface area contributed by atoms with Crippen molar-refractivity contribution < 1.29 is 43.1 Å². The first kappa shape index (κ1) is 55.2. The van der Waals surface area contributed by atoms with Crippen LogP contribution in [0.1, 0.15) is 146 Å². The number of esters is 1. The molecule has 3 aliphatic heterocycles. The zero-order chi connectivity index (χ0) is 60.6. The number of hydrogen-bond donors (Lipinski definition) is 1. The van der Waals surface area contributed by atoms with Gasteiger partial charge in [-0.1, -0.05) is 124 Å². The molecule has 0 atom stereocenters. The molecule has 12 aromatic rings. The molecule has 15 rings (SSSR count). The molecular formula is C71H56N8O9. The second-order valence-corrected chi connectivity index (χ2v) is 22.6. The Hall–Kier alpha value is -10.7. The Bertz CT molecular complexity index is 4800. The van der Waals surface area contributed by atoms with Crippen LogP contribution in [0, 0.1) is 0 Å². The highest BCUT2D eigenvalue weighted by Crippen LogP contribution is 2.47. The van der Waals surface area contributed by atoms with Crippen LogP contribution < -0.4 is 5.32 Å². The molecule has 17 nitrogen and oxygen atoms in total. The van der Waals surface area contributed by atoms with Crippen molar-refractivity contribution in [2.24, 2.45) is 0 Å². The minimum absolute atomic E-state index is 0.161. The monoisotopic (exact) mass is 1160 g/mol. The van der Waals surface area contributed by atoms with Crippen LogP contribution in [0.4, 0.5) is 0 Å². The molecule has 0 spiro atoms. The van der Waals surface area contributed by atoms with Crippen LogP contribution >= 0.6 is 0 Å². The first-order valence-corrected chi connectivity index (χ1v) is 29.8. The second kappa shape index (κ2) is 22.0. The minimum Gasteiger partial charge on any atom is -0.465 e. The van der Waals surface area contributed by atoms with E-state index in [1.54, 1.807) is 42.7 Å². The summed E-state index contributed by atoms with van der Waals surface area (Å²) in [6.45, 7) is 5.55. The Morgan fingerprint density at radius 3 is 1.19 bits per heavy atom. The van der Waals surface area contributed by atoms with Crippen molar-refractivity contribution in [1.29, 1.82) is 0 Å². The van der Waals surface area contributed by atoms with Crippen molar-refractivity contribution in [1.82, 2.24) is 40.0 Å². The fraction of sp³-hybridized carbons (Fsp3) is 0.211. The highest BCUT2D eigenvalue weighted by atomic mass is 16.5. The normalized spacial score (nSPS) is 13.9.